The second-order valence-electron chi connectivity index (χ2n) is 9.26. The number of thiocarbonyl (C=S) groups is 1. The van der Waals surface area contributed by atoms with Crippen LogP contribution in [0.15, 0.2) is 59.5 Å². The minimum absolute atomic E-state index is 0.00746. The van der Waals surface area contributed by atoms with E-state index in [4.69, 9.17) is 17.3 Å². The van der Waals surface area contributed by atoms with E-state index in [1.165, 1.54) is 36.4 Å². The van der Waals surface area contributed by atoms with Gasteiger partial charge in [0, 0.05) is 18.5 Å². The maximum absolute atomic E-state index is 14.3. The van der Waals surface area contributed by atoms with E-state index in [1.54, 1.807) is 0 Å². The normalized spacial score (nSPS) is 14.8. The minimum Gasteiger partial charge on any atom is -0.481 e. The molecule has 2 amide bonds. The molecular formula is C28H18F7N3O4S2. The summed E-state index contributed by atoms with van der Waals surface area (Å²) in [5, 5.41) is 11.1. The SMILES string of the molecule is O=C(O)Cc1ccc(NC(=O)CCN2C(=O)C(=Cc3cccc(-c4cc(C(F)(F)F)cc(C(F)(F)F)c4)n3)SC2=S)c(F)c1. The number of nitrogens with zero attached hydrogens (tertiary/aromatic N) is 2. The fourth-order valence-corrected chi connectivity index (χ4v) is 5.29. The van der Waals surface area contributed by atoms with E-state index in [9.17, 15) is 45.1 Å². The van der Waals surface area contributed by atoms with Crippen molar-refractivity contribution >= 4 is 57.8 Å². The van der Waals surface area contributed by atoms with Gasteiger partial charge in [-0.05, 0) is 54.1 Å². The van der Waals surface area contributed by atoms with Crippen molar-refractivity contribution in [3.63, 3.8) is 0 Å². The number of hydrogen-bond acceptors (Lipinski definition) is 6. The molecule has 2 heterocycles. The predicted octanol–water partition coefficient (Wildman–Crippen LogP) is 6.78. The molecule has 230 valence electrons. The fourth-order valence-electron chi connectivity index (χ4n) is 3.99. The van der Waals surface area contributed by atoms with Crippen molar-refractivity contribution in [2.45, 2.75) is 25.2 Å². The number of alkyl halides is 6. The van der Waals surface area contributed by atoms with Crippen molar-refractivity contribution in [2.75, 3.05) is 11.9 Å². The van der Waals surface area contributed by atoms with Gasteiger partial charge < -0.3 is 10.4 Å². The molecule has 44 heavy (non-hydrogen) atoms. The smallest absolute Gasteiger partial charge is 0.416 e. The zero-order chi connectivity index (χ0) is 32.4. The maximum Gasteiger partial charge on any atom is 0.416 e. The lowest BCUT2D eigenvalue weighted by Gasteiger charge is -2.14. The molecule has 0 radical (unpaired) electrons. The molecule has 0 atom stereocenters. The molecule has 16 heteroatoms. The molecule has 2 aromatic carbocycles. The van der Waals surface area contributed by atoms with E-state index < -0.39 is 59.1 Å². The molecule has 1 aliphatic heterocycles. The molecule has 1 fully saturated rings. The van der Waals surface area contributed by atoms with E-state index in [-0.39, 0.29) is 50.9 Å². The topological polar surface area (TPSA) is 99.6 Å². The van der Waals surface area contributed by atoms with Crippen LogP contribution in [0.1, 0.15) is 28.8 Å². The number of halogens is 7. The Bertz CT molecular complexity index is 1660. The average Bonchev–Trinajstić information content (AvgIpc) is 3.19. The molecule has 1 aliphatic rings. The number of aromatic nitrogens is 1. The third kappa shape index (κ3) is 7.99. The summed E-state index contributed by atoms with van der Waals surface area (Å²) in [4.78, 5) is 41.4. The molecule has 0 saturated carbocycles. The summed E-state index contributed by atoms with van der Waals surface area (Å²) < 4.78 is 94.1. The number of amides is 2. The first-order chi connectivity index (χ1) is 20.5. The zero-order valence-corrected chi connectivity index (χ0v) is 23.6. The van der Waals surface area contributed by atoms with Crippen LogP contribution in [0, 0.1) is 5.82 Å². The van der Waals surface area contributed by atoms with E-state index in [2.05, 4.69) is 10.3 Å². The Morgan fingerprint density at radius 3 is 2.25 bits per heavy atom. The molecule has 4 rings (SSSR count). The first-order valence-electron chi connectivity index (χ1n) is 12.3. The van der Waals surface area contributed by atoms with Crippen molar-refractivity contribution in [2.24, 2.45) is 0 Å². The van der Waals surface area contributed by atoms with Crippen LogP contribution < -0.4 is 5.32 Å². The molecular weight excluding hydrogens is 639 g/mol. The third-order valence-electron chi connectivity index (χ3n) is 6.03. The number of aliphatic carboxylic acids is 1. The van der Waals surface area contributed by atoms with Gasteiger partial charge in [-0.3, -0.25) is 19.3 Å². The number of benzene rings is 2. The molecule has 7 nitrogen and oxygen atoms in total. The standard InChI is InChI=1S/C28H18F7N3O4S2/c29-19-8-14(9-24(40)41)4-5-21(19)37-23(39)6-7-38-25(42)22(44-26(38)43)13-18-2-1-3-20(36-18)15-10-16(27(30,31)32)12-17(11-15)28(33,34)35/h1-5,8,10-13H,6-7,9H2,(H,37,39)(H,40,41). The quantitative estimate of drug-likeness (QED) is 0.157. The first-order valence-corrected chi connectivity index (χ1v) is 13.6. The molecule has 1 saturated heterocycles. The summed E-state index contributed by atoms with van der Waals surface area (Å²) in [7, 11) is 0. The largest absolute Gasteiger partial charge is 0.481 e. The lowest BCUT2D eigenvalue weighted by Crippen LogP contribution is -2.31. The molecule has 0 spiro atoms. The van der Waals surface area contributed by atoms with Crippen LogP contribution in [0.5, 0.6) is 0 Å². The van der Waals surface area contributed by atoms with E-state index in [0.717, 1.165) is 22.7 Å². The lowest BCUT2D eigenvalue weighted by atomic mass is 10.0. The van der Waals surface area contributed by atoms with Gasteiger partial charge in [0.05, 0.1) is 39.5 Å². The number of pyridine rings is 1. The van der Waals surface area contributed by atoms with Crippen LogP contribution in [0.4, 0.5) is 36.4 Å². The summed E-state index contributed by atoms with van der Waals surface area (Å²) in [5.74, 6) is -3.29. The van der Waals surface area contributed by atoms with Gasteiger partial charge in [-0.25, -0.2) is 9.37 Å². The van der Waals surface area contributed by atoms with Crippen molar-refractivity contribution in [1.82, 2.24) is 9.88 Å². The second kappa shape index (κ2) is 12.7. The maximum atomic E-state index is 14.3. The van der Waals surface area contributed by atoms with Gasteiger partial charge in [-0.1, -0.05) is 36.1 Å². The highest BCUT2D eigenvalue weighted by molar-refractivity contribution is 8.26. The minimum atomic E-state index is -5.04. The Kier molecular flexibility index (Phi) is 9.44. The van der Waals surface area contributed by atoms with Crippen molar-refractivity contribution in [1.29, 1.82) is 0 Å². The van der Waals surface area contributed by atoms with Gasteiger partial charge in [0.2, 0.25) is 5.91 Å². The number of anilines is 1. The third-order valence-corrected chi connectivity index (χ3v) is 7.41. The van der Waals surface area contributed by atoms with Gasteiger partial charge in [0.25, 0.3) is 5.91 Å². The Morgan fingerprint density at radius 1 is 1.00 bits per heavy atom. The van der Waals surface area contributed by atoms with Crippen molar-refractivity contribution in [3.05, 3.63) is 87.7 Å². The molecule has 3 aromatic rings. The van der Waals surface area contributed by atoms with Crippen LogP contribution >= 0.6 is 24.0 Å². The molecule has 0 aliphatic carbocycles. The first kappa shape index (κ1) is 32.6. The number of carboxylic acids is 1. The van der Waals surface area contributed by atoms with Gasteiger partial charge in [-0.2, -0.15) is 26.3 Å². The number of hydrogen-bond donors (Lipinski definition) is 2. The Labute approximate surface area is 253 Å². The molecule has 0 unspecified atom stereocenters. The van der Waals surface area contributed by atoms with E-state index >= 15 is 0 Å². The number of rotatable bonds is 8. The Morgan fingerprint density at radius 2 is 1.66 bits per heavy atom. The Hall–Kier alpha value is -4.31. The predicted molar refractivity (Wildman–Crippen MR) is 151 cm³/mol. The molecule has 1 aromatic heterocycles. The van der Waals surface area contributed by atoms with Gasteiger partial charge in [0.15, 0.2) is 0 Å². The van der Waals surface area contributed by atoms with Crippen LogP contribution in [0.3, 0.4) is 0 Å². The summed E-state index contributed by atoms with van der Waals surface area (Å²) in [6.07, 6.45) is -9.52. The number of nitrogens with one attached hydrogen (secondary N) is 1. The van der Waals surface area contributed by atoms with Gasteiger partial charge in [0.1, 0.15) is 10.1 Å². The summed E-state index contributed by atoms with van der Waals surface area (Å²) in [6.45, 7) is -0.190. The summed E-state index contributed by atoms with van der Waals surface area (Å²) in [6, 6.07) is 8.57. The highest BCUT2D eigenvalue weighted by Gasteiger charge is 2.37. The van der Waals surface area contributed by atoms with Gasteiger partial charge in [-0.15, -0.1) is 0 Å². The van der Waals surface area contributed by atoms with Gasteiger partial charge >= 0.3 is 18.3 Å². The summed E-state index contributed by atoms with van der Waals surface area (Å²) in [5.41, 5.74) is -3.59. The molecule has 2 N–H and O–H groups in total. The fraction of sp³-hybridized carbons (Fsp3) is 0.179. The van der Waals surface area contributed by atoms with E-state index in [1.807, 2.05) is 0 Å². The average molecular weight is 658 g/mol. The Balaban J connectivity index is 1.47. The van der Waals surface area contributed by atoms with Crippen LogP contribution in [0.25, 0.3) is 17.3 Å². The van der Waals surface area contributed by atoms with Crippen molar-refractivity contribution in [3.8, 4) is 11.3 Å². The zero-order valence-electron chi connectivity index (χ0n) is 21.9. The molecule has 0 bridgehead atoms. The number of carboxylic acid groups (broad SMARTS) is 1. The summed E-state index contributed by atoms with van der Waals surface area (Å²) >= 11 is 6.06. The monoisotopic (exact) mass is 657 g/mol. The second-order valence-corrected chi connectivity index (χ2v) is 10.9. The van der Waals surface area contributed by atoms with Crippen LogP contribution in [-0.4, -0.2) is 43.6 Å². The van der Waals surface area contributed by atoms with Crippen LogP contribution in [0.2, 0.25) is 0 Å². The number of carbonyl (C=O) groups excluding carboxylic acids is 2. The van der Waals surface area contributed by atoms with Crippen LogP contribution in [-0.2, 0) is 33.2 Å². The highest BCUT2D eigenvalue weighted by atomic mass is 32.2. The number of thioether (sulfide) groups is 1. The van der Waals surface area contributed by atoms with E-state index in [0.29, 0.717) is 12.1 Å². The van der Waals surface area contributed by atoms with Crippen molar-refractivity contribution < 1.29 is 50.2 Å². The lowest BCUT2D eigenvalue weighted by molar-refractivity contribution is -0.143. The number of carbonyl (C=O) groups is 3. The highest BCUT2D eigenvalue weighted by Crippen LogP contribution is 2.39.